The van der Waals surface area contributed by atoms with Crippen molar-refractivity contribution in [2.24, 2.45) is 5.92 Å². The molecule has 0 heterocycles. The van der Waals surface area contributed by atoms with Crippen LogP contribution in [0.1, 0.15) is 42.7 Å². The van der Waals surface area contributed by atoms with Gasteiger partial charge in [-0.3, -0.25) is 4.79 Å². The molecule has 0 aromatic heterocycles. The summed E-state index contributed by atoms with van der Waals surface area (Å²) < 4.78 is 0. The van der Waals surface area contributed by atoms with Gasteiger partial charge in [0.15, 0.2) is 0 Å². The summed E-state index contributed by atoms with van der Waals surface area (Å²) in [7, 11) is 0. The number of hydrogen-bond acceptors (Lipinski definition) is 1. The van der Waals surface area contributed by atoms with Crippen molar-refractivity contribution in [3.05, 3.63) is 35.4 Å². The number of rotatable bonds is 4. The first-order valence-electron chi connectivity index (χ1n) is 6.10. The molecule has 2 nitrogen and oxygen atoms in total. The topological polar surface area (TPSA) is 37.3 Å². The molecule has 1 aromatic rings. The summed E-state index contributed by atoms with van der Waals surface area (Å²) in [6.07, 6.45) is 4.45. The molecule has 17 heavy (non-hydrogen) atoms. The van der Waals surface area contributed by atoms with Crippen molar-refractivity contribution >= 4 is 21.9 Å². The van der Waals surface area contributed by atoms with E-state index in [1.807, 2.05) is 24.3 Å². The average molecular weight is 297 g/mol. The molecule has 1 aromatic carbocycles. The third-order valence-electron chi connectivity index (χ3n) is 3.63. The number of carboxylic acids is 1. The molecule has 3 heteroatoms. The highest BCUT2D eigenvalue weighted by Gasteiger charge is 2.31. The van der Waals surface area contributed by atoms with E-state index in [4.69, 9.17) is 0 Å². The fourth-order valence-corrected chi connectivity index (χ4v) is 3.09. The van der Waals surface area contributed by atoms with Gasteiger partial charge in [0.1, 0.15) is 0 Å². The Bertz CT molecular complexity index is 380. The second-order valence-electron chi connectivity index (χ2n) is 4.74. The van der Waals surface area contributed by atoms with Gasteiger partial charge in [0.2, 0.25) is 0 Å². The zero-order chi connectivity index (χ0) is 12.3. The Kier molecular flexibility index (Phi) is 4.21. The highest BCUT2D eigenvalue weighted by Crippen LogP contribution is 2.37. The Morgan fingerprint density at radius 2 is 1.88 bits per heavy atom. The van der Waals surface area contributed by atoms with E-state index in [2.05, 4.69) is 15.9 Å². The van der Waals surface area contributed by atoms with E-state index >= 15 is 0 Å². The summed E-state index contributed by atoms with van der Waals surface area (Å²) >= 11 is 3.40. The Balaban J connectivity index is 2.22. The molecule has 1 atom stereocenters. The molecule has 0 bridgehead atoms. The van der Waals surface area contributed by atoms with E-state index in [1.165, 1.54) is 18.4 Å². The maximum absolute atomic E-state index is 11.4. The Hall–Kier alpha value is -0.830. The standard InChI is InChI=1S/C14H17BrO2/c15-9-10-5-7-12(8-6-10)13(14(16)17)11-3-1-2-4-11/h5-8,11,13H,1-4,9H2,(H,16,17). The SMILES string of the molecule is O=C(O)C(c1ccc(CBr)cc1)C1CCCC1. The van der Waals surface area contributed by atoms with Crippen LogP contribution in [-0.2, 0) is 10.1 Å². The number of carbonyl (C=O) groups is 1. The second-order valence-corrected chi connectivity index (χ2v) is 5.30. The van der Waals surface area contributed by atoms with E-state index < -0.39 is 5.97 Å². The lowest BCUT2D eigenvalue weighted by molar-refractivity contribution is -0.140. The monoisotopic (exact) mass is 296 g/mol. The maximum Gasteiger partial charge on any atom is 0.311 e. The van der Waals surface area contributed by atoms with Gasteiger partial charge in [-0.05, 0) is 29.9 Å². The van der Waals surface area contributed by atoms with Crippen molar-refractivity contribution in [3.63, 3.8) is 0 Å². The summed E-state index contributed by atoms with van der Waals surface area (Å²) in [5.74, 6) is -0.673. The van der Waals surface area contributed by atoms with Gasteiger partial charge < -0.3 is 5.11 Å². The lowest BCUT2D eigenvalue weighted by Gasteiger charge is -2.19. The van der Waals surface area contributed by atoms with Gasteiger partial charge in [-0.2, -0.15) is 0 Å². The molecule has 1 saturated carbocycles. The lowest BCUT2D eigenvalue weighted by Crippen LogP contribution is -2.19. The third-order valence-corrected chi connectivity index (χ3v) is 4.28. The van der Waals surface area contributed by atoms with Gasteiger partial charge in [-0.15, -0.1) is 0 Å². The van der Waals surface area contributed by atoms with E-state index in [0.717, 1.165) is 23.7 Å². The molecule has 0 saturated heterocycles. The van der Waals surface area contributed by atoms with Crippen molar-refractivity contribution in [1.82, 2.24) is 0 Å². The highest BCUT2D eigenvalue weighted by molar-refractivity contribution is 9.08. The molecule has 1 unspecified atom stereocenters. The number of aliphatic carboxylic acids is 1. The first kappa shape index (κ1) is 12.6. The van der Waals surface area contributed by atoms with Crippen LogP contribution in [0.2, 0.25) is 0 Å². The number of hydrogen-bond donors (Lipinski definition) is 1. The predicted molar refractivity (Wildman–Crippen MR) is 71.4 cm³/mol. The zero-order valence-corrected chi connectivity index (χ0v) is 11.3. The van der Waals surface area contributed by atoms with Gasteiger partial charge in [0.05, 0.1) is 5.92 Å². The van der Waals surface area contributed by atoms with Crippen molar-refractivity contribution < 1.29 is 9.90 Å². The van der Waals surface area contributed by atoms with Crippen LogP contribution in [0.3, 0.4) is 0 Å². The minimum Gasteiger partial charge on any atom is -0.481 e. The predicted octanol–water partition coefficient (Wildman–Crippen LogP) is 3.94. The molecular weight excluding hydrogens is 280 g/mol. The highest BCUT2D eigenvalue weighted by atomic mass is 79.9. The molecular formula is C14H17BrO2. The van der Waals surface area contributed by atoms with Crippen LogP contribution < -0.4 is 0 Å². The van der Waals surface area contributed by atoms with Crippen LogP contribution in [0, 0.1) is 5.92 Å². The summed E-state index contributed by atoms with van der Waals surface area (Å²) in [5.41, 5.74) is 2.14. The van der Waals surface area contributed by atoms with Crippen LogP contribution in [0.15, 0.2) is 24.3 Å². The lowest BCUT2D eigenvalue weighted by atomic mass is 9.85. The van der Waals surface area contributed by atoms with Crippen molar-refractivity contribution in [2.45, 2.75) is 36.9 Å². The fraction of sp³-hybridized carbons (Fsp3) is 0.500. The summed E-state index contributed by atoms with van der Waals surface area (Å²) in [6.45, 7) is 0. The van der Waals surface area contributed by atoms with E-state index in [9.17, 15) is 9.90 Å². The average Bonchev–Trinajstić information content (AvgIpc) is 2.83. The zero-order valence-electron chi connectivity index (χ0n) is 9.73. The van der Waals surface area contributed by atoms with Crippen LogP contribution in [0.5, 0.6) is 0 Å². The number of halogens is 1. The fourth-order valence-electron chi connectivity index (χ4n) is 2.72. The molecule has 0 aliphatic heterocycles. The smallest absolute Gasteiger partial charge is 0.311 e. The third kappa shape index (κ3) is 2.89. The van der Waals surface area contributed by atoms with Crippen LogP contribution in [0.4, 0.5) is 0 Å². The van der Waals surface area contributed by atoms with Crippen molar-refractivity contribution in [2.75, 3.05) is 0 Å². The Morgan fingerprint density at radius 3 is 2.35 bits per heavy atom. The largest absolute Gasteiger partial charge is 0.481 e. The van der Waals surface area contributed by atoms with Crippen LogP contribution >= 0.6 is 15.9 Å². The molecule has 2 rings (SSSR count). The van der Waals surface area contributed by atoms with Gasteiger partial charge in [0.25, 0.3) is 0 Å². The van der Waals surface area contributed by atoms with Crippen molar-refractivity contribution in [1.29, 1.82) is 0 Å². The quantitative estimate of drug-likeness (QED) is 0.855. The molecule has 92 valence electrons. The first-order valence-corrected chi connectivity index (χ1v) is 7.22. The minimum absolute atomic E-state index is 0.318. The molecule has 1 aliphatic rings. The molecule has 0 amide bonds. The van der Waals surface area contributed by atoms with Gasteiger partial charge in [-0.25, -0.2) is 0 Å². The molecule has 1 fully saturated rings. The van der Waals surface area contributed by atoms with Crippen LogP contribution in [0.25, 0.3) is 0 Å². The first-order chi connectivity index (χ1) is 8.22. The number of carboxylic acid groups (broad SMARTS) is 1. The second kappa shape index (κ2) is 5.67. The maximum atomic E-state index is 11.4. The van der Waals surface area contributed by atoms with E-state index in [1.54, 1.807) is 0 Å². The van der Waals surface area contributed by atoms with Gasteiger partial charge >= 0.3 is 5.97 Å². The van der Waals surface area contributed by atoms with E-state index in [0.29, 0.717) is 5.92 Å². The van der Waals surface area contributed by atoms with Crippen molar-refractivity contribution in [3.8, 4) is 0 Å². The molecule has 1 aliphatic carbocycles. The molecule has 0 spiro atoms. The van der Waals surface area contributed by atoms with Gasteiger partial charge in [0, 0.05) is 5.33 Å². The molecule has 0 radical (unpaired) electrons. The van der Waals surface area contributed by atoms with E-state index in [-0.39, 0.29) is 5.92 Å². The number of alkyl halides is 1. The Labute approximate surface area is 110 Å². The summed E-state index contributed by atoms with van der Waals surface area (Å²) in [5, 5.41) is 10.2. The molecule has 1 N–H and O–H groups in total. The number of benzene rings is 1. The van der Waals surface area contributed by atoms with Gasteiger partial charge in [-0.1, -0.05) is 53.0 Å². The van der Waals surface area contributed by atoms with Crippen LogP contribution in [-0.4, -0.2) is 11.1 Å². The minimum atomic E-state index is -0.677. The summed E-state index contributed by atoms with van der Waals surface area (Å²) in [6, 6.07) is 7.95. The summed E-state index contributed by atoms with van der Waals surface area (Å²) in [4.78, 5) is 11.4. The Morgan fingerprint density at radius 1 is 1.29 bits per heavy atom. The normalized spacial score (nSPS) is 18.2.